The molecule has 0 N–H and O–H groups in total. The van der Waals surface area contributed by atoms with E-state index in [2.05, 4.69) is 5.16 Å². The van der Waals surface area contributed by atoms with Gasteiger partial charge < -0.3 is 9.26 Å². The van der Waals surface area contributed by atoms with E-state index >= 15 is 0 Å². The van der Waals surface area contributed by atoms with E-state index in [1.807, 2.05) is 30.3 Å². The zero-order chi connectivity index (χ0) is 16.2. The largest absolute Gasteiger partial charge is 0.458 e. The van der Waals surface area contributed by atoms with Gasteiger partial charge in [0.25, 0.3) is 0 Å². The molecule has 2 aromatic rings. The molecule has 0 spiro atoms. The topological polar surface area (TPSA) is 89.7 Å². The fraction of sp³-hybridized carbons (Fsp3) is 0.250. The van der Waals surface area contributed by atoms with Gasteiger partial charge in [-0.05, 0) is 0 Å². The Labute approximate surface area is 131 Å². The fourth-order valence-electron chi connectivity index (χ4n) is 2.25. The van der Waals surface area contributed by atoms with Crippen LogP contribution in [0.3, 0.4) is 0 Å². The van der Waals surface area contributed by atoms with Crippen LogP contribution in [0.2, 0.25) is 0 Å². The second-order valence-electron chi connectivity index (χ2n) is 5.08. The number of ether oxygens (including phenoxy) is 1. The minimum Gasteiger partial charge on any atom is -0.458 e. The highest BCUT2D eigenvalue weighted by atomic mass is 16.5. The minimum atomic E-state index is -0.655. The van der Waals surface area contributed by atoms with Crippen molar-refractivity contribution in [3.63, 3.8) is 0 Å². The normalized spacial score (nSPS) is 14.3. The number of amides is 2. The average Bonchev–Trinajstić information content (AvgIpc) is 3.16. The first-order valence-corrected chi connectivity index (χ1v) is 7.13. The highest BCUT2D eigenvalue weighted by molar-refractivity contribution is 6.04. The molecule has 0 radical (unpaired) electrons. The molecule has 0 atom stereocenters. The summed E-state index contributed by atoms with van der Waals surface area (Å²) in [6, 6.07) is 11.1. The number of aromatic nitrogens is 1. The third kappa shape index (κ3) is 3.45. The lowest BCUT2D eigenvalue weighted by Gasteiger charge is -2.12. The Hall–Kier alpha value is -2.96. The van der Waals surface area contributed by atoms with Crippen LogP contribution in [-0.4, -0.2) is 34.4 Å². The Bertz CT molecular complexity index is 722. The molecular weight excluding hydrogens is 300 g/mol. The van der Waals surface area contributed by atoms with E-state index in [9.17, 15) is 14.4 Å². The van der Waals surface area contributed by atoms with Crippen molar-refractivity contribution in [2.45, 2.75) is 19.4 Å². The molecule has 2 heterocycles. The maximum Gasteiger partial charge on any atom is 0.326 e. The summed E-state index contributed by atoms with van der Waals surface area (Å²) in [5.41, 5.74) is 1.32. The Kier molecular flexibility index (Phi) is 4.18. The molecule has 118 valence electrons. The predicted octanol–water partition coefficient (Wildman–Crippen LogP) is 1.53. The van der Waals surface area contributed by atoms with Crippen molar-refractivity contribution in [2.24, 2.45) is 0 Å². The molecule has 0 unspecified atom stereocenters. The zero-order valence-corrected chi connectivity index (χ0v) is 12.2. The van der Waals surface area contributed by atoms with Gasteiger partial charge in [-0.25, -0.2) is 0 Å². The SMILES string of the molecule is O=C(CN1C(=O)CCC1=O)OCc1cc(-c2ccccc2)on1. The van der Waals surface area contributed by atoms with Crippen LogP contribution in [0.5, 0.6) is 0 Å². The number of likely N-dealkylation sites (tertiary alicyclic amines) is 1. The number of benzene rings is 1. The highest BCUT2D eigenvalue weighted by Crippen LogP contribution is 2.20. The highest BCUT2D eigenvalue weighted by Gasteiger charge is 2.30. The summed E-state index contributed by atoms with van der Waals surface area (Å²) in [6.07, 6.45) is 0.297. The van der Waals surface area contributed by atoms with Crippen molar-refractivity contribution in [3.8, 4) is 11.3 Å². The summed E-state index contributed by atoms with van der Waals surface area (Å²) in [5.74, 6) is -0.779. The van der Waals surface area contributed by atoms with Gasteiger partial charge in [-0.15, -0.1) is 0 Å². The van der Waals surface area contributed by atoms with Gasteiger partial charge in [0.2, 0.25) is 11.8 Å². The van der Waals surface area contributed by atoms with Gasteiger partial charge in [0.05, 0.1) is 0 Å². The Morgan fingerprint density at radius 2 is 1.87 bits per heavy atom. The molecule has 1 saturated heterocycles. The Morgan fingerprint density at radius 3 is 2.57 bits per heavy atom. The Morgan fingerprint density at radius 1 is 1.17 bits per heavy atom. The van der Waals surface area contributed by atoms with Gasteiger partial charge in [0.1, 0.15) is 18.8 Å². The van der Waals surface area contributed by atoms with Crippen molar-refractivity contribution in [3.05, 3.63) is 42.1 Å². The lowest BCUT2D eigenvalue weighted by atomic mass is 10.2. The first-order valence-electron chi connectivity index (χ1n) is 7.13. The molecule has 23 heavy (non-hydrogen) atoms. The standard InChI is InChI=1S/C16H14N2O5/c19-14-6-7-15(20)18(14)9-16(21)22-10-12-8-13(23-17-12)11-4-2-1-3-5-11/h1-5,8H,6-7,9-10H2. The van der Waals surface area contributed by atoms with Crippen LogP contribution in [-0.2, 0) is 25.7 Å². The van der Waals surface area contributed by atoms with E-state index in [0.29, 0.717) is 11.5 Å². The molecule has 3 rings (SSSR count). The van der Waals surface area contributed by atoms with Crippen LogP contribution in [0.4, 0.5) is 0 Å². The van der Waals surface area contributed by atoms with Crippen LogP contribution in [0.25, 0.3) is 11.3 Å². The number of hydrogen-bond acceptors (Lipinski definition) is 6. The predicted molar refractivity (Wildman–Crippen MR) is 77.7 cm³/mol. The summed E-state index contributed by atoms with van der Waals surface area (Å²) in [7, 11) is 0. The fourth-order valence-corrected chi connectivity index (χ4v) is 2.25. The first-order chi connectivity index (χ1) is 11.1. The minimum absolute atomic E-state index is 0.0780. The molecule has 7 heteroatoms. The van der Waals surface area contributed by atoms with E-state index in [-0.39, 0.29) is 37.8 Å². The van der Waals surface area contributed by atoms with Crippen LogP contribution in [0.15, 0.2) is 40.9 Å². The van der Waals surface area contributed by atoms with Gasteiger partial charge in [-0.2, -0.15) is 0 Å². The molecule has 7 nitrogen and oxygen atoms in total. The Balaban J connectivity index is 1.54. The summed E-state index contributed by atoms with van der Waals surface area (Å²) in [6.45, 7) is -0.438. The van der Waals surface area contributed by atoms with Gasteiger partial charge in [0, 0.05) is 24.5 Å². The van der Waals surface area contributed by atoms with E-state index in [0.717, 1.165) is 10.5 Å². The van der Waals surface area contributed by atoms with Gasteiger partial charge >= 0.3 is 5.97 Å². The summed E-state index contributed by atoms with van der Waals surface area (Å²) >= 11 is 0. The molecule has 1 aliphatic heterocycles. The van der Waals surface area contributed by atoms with Crippen molar-refractivity contribution in [1.29, 1.82) is 0 Å². The number of imide groups is 1. The molecule has 0 saturated carbocycles. The second-order valence-corrected chi connectivity index (χ2v) is 5.08. The maximum atomic E-state index is 11.7. The molecule has 1 aliphatic rings. The number of carbonyl (C=O) groups excluding carboxylic acids is 3. The zero-order valence-electron chi connectivity index (χ0n) is 12.2. The quantitative estimate of drug-likeness (QED) is 0.614. The number of carbonyl (C=O) groups is 3. The van der Waals surface area contributed by atoms with Gasteiger partial charge in [-0.1, -0.05) is 35.5 Å². The third-order valence-electron chi connectivity index (χ3n) is 3.44. The summed E-state index contributed by atoms with van der Waals surface area (Å²) in [5, 5.41) is 3.83. The van der Waals surface area contributed by atoms with Crippen LogP contribution >= 0.6 is 0 Å². The van der Waals surface area contributed by atoms with Crippen molar-refractivity contribution in [2.75, 3.05) is 6.54 Å². The van der Waals surface area contributed by atoms with Gasteiger partial charge in [-0.3, -0.25) is 19.3 Å². The number of nitrogens with zero attached hydrogens (tertiary/aromatic N) is 2. The smallest absolute Gasteiger partial charge is 0.326 e. The molecule has 2 amide bonds. The lowest BCUT2D eigenvalue weighted by molar-refractivity contribution is -0.153. The molecule has 0 bridgehead atoms. The van der Waals surface area contributed by atoms with Crippen molar-refractivity contribution in [1.82, 2.24) is 10.1 Å². The van der Waals surface area contributed by atoms with E-state index in [1.54, 1.807) is 6.07 Å². The molecule has 1 aromatic heterocycles. The van der Waals surface area contributed by atoms with Gasteiger partial charge in [0.15, 0.2) is 5.76 Å². The maximum absolute atomic E-state index is 11.7. The number of hydrogen-bond donors (Lipinski definition) is 0. The number of rotatable bonds is 5. The number of esters is 1. The van der Waals surface area contributed by atoms with E-state index in [1.165, 1.54) is 0 Å². The van der Waals surface area contributed by atoms with Crippen LogP contribution < -0.4 is 0 Å². The molecule has 1 aromatic carbocycles. The molecule has 0 aliphatic carbocycles. The average molecular weight is 314 g/mol. The molecular formula is C16H14N2O5. The monoisotopic (exact) mass is 314 g/mol. The van der Waals surface area contributed by atoms with E-state index < -0.39 is 5.97 Å². The van der Waals surface area contributed by atoms with Crippen LogP contribution in [0, 0.1) is 0 Å². The molecule has 1 fully saturated rings. The van der Waals surface area contributed by atoms with Crippen molar-refractivity contribution >= 4 is 17.8 Å². The first kappa shape index (κ1) is 15.0. The summed E-state index contributed by atoms with van der Waals surface area (Å²) in [4.78, 5) is 35.5. The van der Waals surface area contributed by atoms with E-state index in [4.69, 9.17) is 9.26 Å². The van der Waals surface area contributed by atoms with Crippen LogP contribution in [0.1, 0.15) is 18.5 Å². The second kappa shape index (κ2) is 6.43. The lowest BCUT2D eigenvalue weighted by Crippen LogP contribution is -2.35. The summed E-state index contributed by atoms with van der Waals surface area (Å²) < 4.78 is 10.2. The third-order valence-corrected chi connectivity index (χ3v) is 3.44. The van der Waals surface area contributed by atoms with Crippen molar-refractivity contribution < 1.29 is 23.6 Å².